The number of hydrogen-bond donors (Lipinski definition) is 1. The first-order chi connectivity index (χ1) is 14.2. The van der Waals surface area contributed by atoms with Crippen molar-refractivity contribution in [3.63, 3.8) is 0 Å². The Balaban J connectivity index is 1.93. The van der Waals surface area contributed by atoms with Crippen LogP contribution in [0.5, 0.6) is 5.75 Å². The number of para-hydroxylation sites is 1. The first kappa shape index (κ1) is 24.3. The third-order valence-electron chi connectivity index (χ3n) is 4.25. The molecule has 0 radical (unpaired) electrons. The van der Waals surface area contributed by atoms with Crippen LogP contribution in [-0.2, 0) is 21.2 Å². The standard InChI is InChI=1S/C21H26Cl2N2O4S/c1-3-13-29-20-9-5-4-7-16(20)8-6-12-24-21(26)15-25(30(2,27)28)19-11-10-17(22)14-18(19)23/h4-5,7,9-11,14H,3,6,8,12-13,15H2,1-2H3,(H,24,26). The van der Waals surface area contributed by atoms with Crippen LogP contribution < -0.4 is 14.4 Å². The lowest BCUT2D eigenvalue weighted by Gasteiger charge is -2.23. The SMILES string of the molecule is CCCOc1ccccc1CCCNC(=O)CN(c1ccc(Cl)cc1Cl)S(C)(=O)=O. The minimum atomic E-state index is -3.71. The summed E-state index contributed by atoms with van der Waals surface area (Å²) in [7, 11) is -3.71. The molecule has 6 nitrogen and oxygen atoms in total. The third-order valence-corrected chi connectivity index (χ3v) is 5.91. The molecular formula is C21H26Cl2N2O4S. The highest BCUT2D eigenvalue weighted by Gasteiger charge is 2.23. The summed E-state index contributed by atoms with van der Waals surface area (Å²) in [5, 5.41) is 3.30. The maximum Gasteiger partial charge on any atom is 0.240 e. The van der Waals surface area contributed by atoms with E-state index < -0.39 is 15.9 Å². The third kappa shape index (κ3) is 7.38. The van der Waals surface area contributed by atoms with Crippen LogP contribution in [0.2, 0.25) is 10.0 Å². The predicted octanol–water partition coefficient (Wildman–Crippen LogP) is 4.30. The number of amides is 1. The van der Waals surface area contributed by atoms with E-state index in [4.69, 9.17) is 27.9 Å². The van der Waals surface area contributed by atoms with Gasteiger partial charge in [-0.05, 0) is 49.1 Å². The average Bonchev–Trinajstić information content (AvgIpc) is 2.68. The van der Waals surface area contributed by atoms with Gasteiger partial charge in [0.15, 0.2) is 0 Å². The molecule has 0 fully saturated rings. The molecule has 0 aromatic heterocycles. The molecule has 9 heteroatoms. The summed E-state index contributed by atoms with van der Waals surface area (Å²) in [5.41, 5.74) is 1.28. The van der Waals surface area contributed by atoms with Crippen molar-refractivity contribution < 1.29 is 17.9 Å². The first-order valence-corrected chi connectivity index (χ1v) is 12.2. The second-order valence-electron chi connectivity index (χ2n) is 6.78. The quantitative estimate of drug-likeness (QED) is 0.494. The van der Waals surface area contributed by atoms with Crippen molar-refractivity contribution in [3.05, 3.63) is 58.1 Å². The Morgan fingerprint density at radius 2 is 1.90 bits per heavy atom. The lowest BCUT2D eigenvalue weighted by atomic mass is 10.1. The van der Waals surface area contributed by atoms with Crippen LogP contribution >= 0.6 is 23.2 Å². The van der Waals surface area contributed by atoms with Gasteiger partial charge >= 0.3 is 0 Å². The summed E-state index contributed by atoms with van der Waals surface area (Å²) in [6.07, 6.45) is 3.38. The smallest absolute Gasteiger partial charge is 0.240 e. The van der Waals surface area contributed by atoms with E-state index in [9.17, 15) is 13.2 Å². The van der Waals surface area contributed by atoms with Crippen molar-refractivity contribution in [2.24, 2.45) is 0 Å². The van der Waals surface area contributed by atoms with Gasteiger partial charge in [0.25, 0.3) is 0 Å². The van der Waals surface area contributed by atoms with Crippen molar-refractivity contribution in [2.45, 2.75) is 26.2 Å². The van der Waals surface area contributed by atoms with Crippen LogP contribution in [0.25, 0.3) is 0 Å². The molecule has 0 unspecified atom stereocenters. The molecule has 0 saturated heterocycles. The van der Waals surface area contributed by atoms with Gasteiger partial charge in [-0.2, -0.15) is 0 Å². The Morgan fingerprint density at radius 1 is 1.17 bits per heavy atom. The number of nitrogens with one attached hydrogen (secondary N) is 1. The number of aryl methyl sites for hydroxylation is 1. The van der Waals surface area contributed by atoms with Gasteiger partial charge in [0, 0.05) is 11.6 Å². The zero-order chi connectivity index (χ0) is 22.1. The van der Waals surface area contributed by atoms with Crippen LogP contribution in [0, 0.1) is 0 Å². The molecular weight excluding hydrogens is 447 g/mol. The van der Waals surface area contributed by atoms with Gasteiger partial charge in [-0.3, -0.25) is 9.10 Å². The van der Waals surface area contributed by atoms with Gasteiger partial charge in [-0.25, -0.2) is 8.42 Å². The minimum Gasteiger partial charge on any atom is -0.493 e. The highest BCUT2D eigenvalue weighted by atomic mass is 35.5. The molecule has 0 atom stereocenters. The Labute approximate surface area is 188 Å². The lowest BCUT2D eigenvalue weighted by molar-refractivity contribution is -0.119. The molecule has 1 N–H and O–H groups in total. The molecule has 0 bridgehead atoms. The second-order valence-corrected chi connectivity index (χ2v) is 9.53. The summed E-state index contributed by atoms with van der Waals surface area (Å²) in [5.74, 6) is 0.438. The second kappa shape index (κ2) is 11.4. The van der Waals surface area contributed by atoms with Gasteiger partial charge in [0.1, 0.15) is 12.3 Å². The fourth-order valence-corrected chi connectivity index (χ4v) is 4.25. The molecule has 2 aromatic carbocycles. The van der Waals surface area contributed by atoms with Gasteiger partial charge in [0.05, 0.1) is 23.6 Å². The van der Waals surface area contributed by atoms with Crippen molar-refractivity contribution in [2.75, 3.05) is 30.3 Å². The van der Waals surface area contributed by atoms with E-state index in [1.165, 1.54) is 18.2 Å². The van der Waals surface area contributed by atoms with E-state index in [0.717, 1.165) is 34.7 Å². The number of hydrogen-bond acceptors (Lipinski definition) is 4. The molecule has 0 saturated carbocycles. The summed E-state index contributed by atoms with van der Waals surface area (Å²) >= 11 is 12.0. The maximum absolute atomic E-state index is 12.4. The fraction of sp³-hybridized carbons (Fsp3) is 0.381. The topological polar surface area (TPSA) is 75.7 Å². The molecule has 0 heterocycles. The predicted molar refractivity (Wildman–Crippen MR) is 122 cm³/mol. The summed E-state index contributed by atoms with van der Waals surface area (Å²) in [6, 6.07) is 12.3. The summed E-state index contributed by atoms with van der Waals surface area (Å²) in [4.78, 5) is 12.4. The number of carbonyl (C=O) groups is 1. The normalized spacial score (nSPS) is 11.2. The van der Waals surface area contributed by atoms with E-state index in [1.807, 2.05) is 24.3 Å². The van der Waals surface area contributed by atoms with Crippen molar-refractivity contribution in [3.8, 4) is 5.75 Å². The van der Waals surface area contributed by atoms with Gasteiger partial charge in [0.2, 0.25) is 15.9 Å². The molecule has 30 heavy (non-hydrogen) atoms. The zero-order valence-electron chi connectivity index (χ0n) is 17.0. The monoisotopic (exact) mass is 472 g/mol. The van der Waals surface area contributed by atoms with E-state index >= 15 is 0 Å². The fourth-order valence-electron chi connectivity index (χ4n) is 2.82. The van der Waals surface area contributed by atoms with Crippen LogP contribution in [0.3, 0.4) is 0 Å². The lowest BCUT2D eigenvalue weighted by Crippen LogP contribution is -2.40. The number of nitrogens with zero attached hydrogens (tertiary/aromatic N) is 1. The maximum atomic E-state index is 12.4. The Kier molecular flexibility index (Phi) is 9.27. The van der Waals surface area contributed by atoms with Gasteiger partial charge in [-0.15, -0.1) is 0 Å². The van der Waals surface area contributed by atoms with E-state index in [0.29, 0.717) is 24.6 Å². The first-order valence-electron chi connectivity index (χ1n) is 9.62. The minimum absolute atomic E-state index is 0.157. The number of carbonyl (C=O) groups excluding carboxylic acids is 1. The van der Waals surface area contributed by atoms with E-state index in [-0.39, 0.29) is 17.3 Å². The van der Waals surface area contributed by atoms with Crippen LogP contribution in [0.1, 0.15) is 25.3 Å². The van der Waals surface area contributed by atoms with Crippen molar-refractivity contribution in [1.29, 1.82) is 0 Å². The van der Waals surface area contributed by atoms with Gasteiger partial charge < -0.3 is 10.1 Å². The summed E-state index contributed by atoms with van der Waals surface area (Å²) < 4.78 is 31.1. The van der Waals surface area contributed by atoms with E-state index in [1.54, 1.807) is 0 Å². The van der Waals surface area contributed by atoms with Crippen molar-refractivity contribution in [1.82, 2.24) is 5.32 Å². The molecule has 0 aliphatic heterocycles. The van der Waals surface area contributed by atoms with Crippen LogP contribution in [0.15, 0.2) is 42.5 Å². The van der Waals surface area contributed by atoms with Crippen LogP contribution in [0.4, 0.5) is 5.69 Å². The molecule has 0 aliphatic carbocycles. The molecule has 2 rings (SSSR count). The molecule has 0 spiro atoms. The highest BCUT2D eigenvalue weighted by Crippen LogP contribution is 2.30. The molecule has 2 aromatic rings. The van der Waals surface area contributed by atoms with E-state index in [2.05, 4.69) is 12.2 Å². The zero-order valence-corrected chi connectivity index (χ0v) is 19.4. The number of benzene rings is 2. The number of ether oxygens (including phenoxy) is 1. The number of sulfonamides is 1. The Hall–Kier alpha value is -1.96. The molecule has 164 valence electrons. The molecule has 0 aliphatic rings. The molecule has 1 amide bonds. The number of anilines is 1. The summed E-state index contributed by atoms with van der Waals surface area (Å²) in [6.45, 7) is 2.75. The highest BCUT2D eigenvalue weighted by molar-refractivity contribution is 7.92. The Morgan fingerprint density at radius 3 is 2.57 bits per heavy atom. The largest absolute Gasteiger partial charge is 0.493 e. The average molecular weight is 473 g/mol. The number of halogens is 2. The number of rotatable bonds is 11. The van der Waals surface area contributed by atoms with Crippen molar-refractivity contribution >= 4 is 44.8 Å². The Bertz CT molecular complexity index is 967. The van der Waals surface area contributed by atoms with Gasteiger partial charge in [-0.1, -0.05) is 48.3 Å². The van der Waals surface area contributed by atoms with Crippen LogP contribution in [-0.4, -0.2) is 40.3 Å².